The maximum Gasteiger partial charge on any atom is 0.137 e. The zero-order valence-corrected chi connectivity index (χ0v) is 14.2. The lowest BCUT2D eigenvalue weighted by atomic mass is 9.68. The van der Waals surface area contributed by atoms with Gasteiger partial charge >= 0.3 is 0 Å². The lowest BCUT2D eigenvalue weighted by molar-refractivity contribution is -0.127. The molecule has 0 spiro atoms. The van der Waals surface area contributed by atoms with Crippen LogP contribution >= 0.6 is 11.8 Å². The molecule has 0 saturated heterocycles. The predicted molar refractivity (Wildman–Crippen MR) is 85.8 cm³/mol. The minimum absolute atomic E-state index is 0.275. The Morgan fingerprint density at radius 2 is 2.05 bits per heavy atom. The third kappa shape index (κ3) is 5.86. The summed E-state index contributed by atoms with van der Waals surface area (Å²) >= 11 is 1.90. The van der Waals surface area contributed by atoms with Crippen LogP contribution in [0.25, 0.3) is 0 Å². The van der Waals surface area contributed by atoms with Crippen LogP contribution in [0.15, 0.2) is 0 Å². The van der Waals surface area contributed by atoms with Gasteiger partial charge < -0.3 is 4.90 Å². The van der Waals surface area contributed by atoms with Crippen molar-refractivity contribution in [3.05, 3.63) is 0 Å². The molecule has 1 aliphatic carbocycles. The Hall–Kier alpha value is -0.0200. The molecule has 0 amide bonds. The highest BCUT2D eigenvalue weighted by molar-refractivity contribution is 7.98. The van der Waals surface area contributed by atoms with E-state index in [1.165, 1.54) is 12.2 Å². The van der Waals surface area contributed by atoms with E-state index in [2.05, 4.69) is 39.0 Å². The Morgan fingerprint density at radius 3 is 2.63 bits per heavy atom. The zero-order valence-electron chi connectivity index (χ0n) is 13.4. The average Bonchev–Trinajstić information content (AvgIpc) is 2.31. The van der Waals surface area contributed by atoms with Gasteiger partial charge in [0.25, 0.3) is 0 Å². The maximum absolute atomic E-state index is 12.1. The molecule has 2 atom stereocenters. The van der Waals surface area contributed by atoms with Crippen molar-refractivity contribution in [2.24, 2.45) is 17.3 Å². The first-order valence-corrected chi connectivity index (χ1v) is 8.94. The van der Waals surface area contributed by atoms with Gasteiger partial charge in [0.15, 0.2) is 0 Å². The van der Waals surface area contributed by atoms with Crippen molar-refractivity contribution >= 4 is 17.5 Å². The number of rotatable bonds is 6. The normalized spacial score (nSPS) is 25.1. The Balaban J connectivity index is 2.44. The van der Waals surface area contributed by atoms with E-state index in [4.69, 9.17) is 0 Å². The monoisotopic (exact) mass is 285 g/mol. The van der Waals surface area contributed by atoms with E-state index in [0.717, 1.165) is 32.4 Å². The number of carbonyl (C=O) groups is 1. The largest absolute Gasteiger partial charge is 0.306 e. The molecular weight excluding hydrogens is 254 g/mol. The molecule has 2 unspecified atom stereocenters. The molecule has 0 heterocycles. The second-order valence-electron chi connectivity index (χ2n) is 7.11. The lowest BCUT2D eigenvalue weighted by Crippen LogP contribution is -2.38. The first kappa shape index (κ1) is 17.0. The fourth-order valence-corrected chi connectivity index (χ4v) is 3.44. The molecule has 0 bridgehead atoms. The van der Waals surface area contributed by atoms with Crippen LogP contribution in [0.3, 0.4) is 0 Å². The number of nitrogens with zero attached hydrogens (tertiary/aromatic N) is 1. The van der Waals surface area contributed by atoms with Crippen LogP contribution in [-0.4, -0.2) is 42.8 Å². The minimum atomic E-state index is 0.275. The quantitative estimate of drug-likeness (QED) is 0.694. The molecule has 19 heavy (non-hydrogen) atoms. The first-order chi connectivity index (χ1) is 8.84. The van der Waals surface area contributed by atoms with Crippen molar-refractivity contribution in [2.75, 3.05) is 32.1 Å². The summed E-state index contributed by atoms with van der Waals surface area (Å²) in [6, 6.07) is 0. The molecule has 0 N–H and O–H groups in total. The summed E-state index contributed by atoms with van der Waals surface area (Å²) in [5.41, 5.74) is 0.344. The third-order valence-corrected chi connectivity index (χ3v) is 5.11. The standard InChI is InChI=1S/C16H31NOS/c1-16(2,3)14-7-8-15(18)13(11-14)12-17(4)9-6-10-19-5/h13-14H,6-12H2,1-5H3. The molecule has 1 rings (SSSR count). The SMILES string of the molecule is CSCCCN(C)CC1CC(C(C)(C)C)CCC1=O. The highest BCUT2D eigenvalue weighted by Gasteiger charge is 2.35. The molecule has 0 aromatic heterocycles. The van der Waals surface area contributed by atoms with Crippen LogP contribution in [0.1, 0.15) is 46.5 Å². The van der Waals surface area contributed by atoms with Gasteiger partial charge in [-0.1, -0.05) is 20.8 Å². The van der Waals surface area contributed by atoms with Crippen LogP contribution in [0.2, 0.25) is 0 Å². The van der Waals surface area contributed by atoms with Gasteiger partial charge in [0.2, 0.25) is 0 Å². The summed E-state index contributed by atoms with van der Waals surface area (Å²) in [5.74, 6) is 2.69. The number of ketones is 1. The second-order valence-corrected chi connectivity index (χ2v) is 8.09. The summed E-state index contributed by atoms with van der Waals surface area (Å²) in [5, 5.41) is 0. The molecule has 3 heteroatoms. The van der Waals surface area contributed by atoms with E-state index in [9.17, 15) is 4.79 Å². The van der Waals surface area contributed by atoms with Gasteiger partial charge in [-0.05, 0) is 56.2 Å². The third-order valence-electron chi connectivity index (χ3n) is 4.41. The molecule has 0 aliphatic heterocycles. The Bertz CT molecular complexity index is 285. The van der Waals surface area contributed by atoms with Crippen molar-refractivity contribution in [1.82, 2.24) is 4.90 Å². The van der Waals surface area contributed by atoms with Crippen molar-refractivity contribution in [3.8, 4) is 0 Å². The molecule has 1 aliphatic rings. The van der Waals surface area contributed by atoms with Crippen LogP contribution in [-0.2, 0) is 4.79 Å². The van der Waals surface area contributed by atoms with Crippen molar-refractivity contribution in [2.45, 2.75) is 46.5 Å². The van der Waals surface area contributed by atoms with Gasteiger partial charge in [0.05, 0.1) is 0 Å². The van der Waals surface area contributed by atoms with Gasteiger partial charge in [-0.25, -0.2) is 0 Å². The highest BCUT2D eigenvalue weighted by atomic mass is 32.2. The van der Waals surface area contributed by atoms with Gasteiger partial charge in [0, 0.05) is 18.9 Å². The van der Waals surface area contributed by atoms with E-state index in [0.29, 0.717) is 17.1 Å². The van der Waals surface area contributed by atoms with Crippen LogP contribution in [0.4, 0.5) is 0 Å². The van der Waals surface area contributed by atoms with E-state index >= 15 is 0 Å². The Labute approximate surface area is 123 Å². The van der Waals surface area contributed by atoms with Crippen LogP contribution in [0, 0.1) is 17.3 Å². The number of Topliss-reactive ketones (excluding diaryl/α,β-unsaturated/α-hetero) is 1. The molecule has 0 radical (unpaired) electrons. The van der Waals surface area contributed by atoms with Crippen LogP contribution < -0.4 is 0 Å². The maximum atomic E-state index is 12.1. The Morgan fingerprint density at radius 1 is 1.37 bits per heavy atom. The summed E-state index contributed by atoms with van der Waals surface area (Å²) in [4.78, 5) is 14.5. The molecule has 1 saturated carbocycles. The van der Waals surface area contributed by atoms with E-state index < -0.39 is 0 Å². The van der Waals surface area contributed by atoms with E-state index in [1.54, 1.807) is 0 Å². The van der Waals surface area contributed by atoms with Gasteiger partial charge in [0.1, 0.15) is 5.78 Å². The summed E-state index contributed by atoms with van der Waals surface area (Å²) in [6.45, 7) is 9.01. The van der Waals surface area contributed by atoms with E-state index in [1.807, 2.05) is 11.8 Å². The zero-order chi connectivity index (χ0) is 14.5. The number of hydrogen-bond donors (Lipinski definition) is 0. The number of thioether (sulfide) groups is 1. The fourth-order valence-electron chi connectivity index (χ4n) is 3.02. The molecular formula is C16H31NOS. The summed E-state index contributed by atoms with van der Waals surface area (Å²) in [6.07, 6.45) is 6.36. The smallest absolute Gasteiger partial charge is 0.137 e. The lowest BCUT2D eigenvalue weighted by Gasteiger charge is -2.38. The molecule has 2 nitrogen and oxygen atoms in total. The second kappa shape index (κ2) is 7.68. The fraction of sp³-hybridized carbons (Fsp3) is 0.938. The average molecular weight is 285 g/mol. The van der Waals surface area contributed by atoms with Gasteiger partial charge in [-0.15, -0.1) is 0 Å². The van der Waals surface area contributed by atoms with Crippen molar-refractivity contribution in [1.29, 1.82) is 0 Å². The van der Waals surface area contributed by atoms with Crippen LogP contribution in [0.5, 0.6) is 0 Å². The molecule has 1 fully saturated rings. The Kier molecular flexibility index (Phi) is 6.89. The summed E-state index contributed by atoms with van der Waals surface area (Å²) < 4.78 is 0. The molecule has 0 aromatic carbocycles. The van der Waals surface area contributed by atoms with Gasteiger partial charge in [-0.2, -0.15) is 11.8 Å². The number of hydrogen-bond acceptors (Lipinski definition) is 3. The molecule has 112 valence electrons. The highest BCUT2D eigenvalue weighted by Crippen LogP contribution is 2.39. The van der Waals surface area contributed by atoms with Gasteiger partial charge in [-0.3, -0.25) is 4.79 Å². The molecule has 0 aromatic rings. The minimum Gasteiger partial charge on any atom is -0.306 e. The van der Waals surface area contributed by atoms with Crippen molar-refractivity contribution in [3.63, 3.8) is 0 Å². The first-order valence-electron chi connectivity index (χ1n) is 7.54. The predicted octanol–water partition coefficient (Wildman–Crippen LogP) is 3.70. The summed E-state index contributed by atoms with van der Waals surface area (Å²) in [7, 11) is 2.16. The van der Waals surface area contributed by atoms with Crippen molar-refractivity contribution < 1.29 is 4.79 Å². The number of carbonyl (C=O) groups excluding carboxylic acids is 1. The van der Waals surface area contributed by atoms with E-state index in [-0.39, 0.29) is 5.92 Å². The topological polar surface area (TPSA) is 20.3 Å².